The quantitative estimate of drug-likeness (QED) is 0.0907. The van der Waals surface area contributed by atoms with E-state index in [0.29, 0.717) is 28.5 Å². The van der Waals surface area contributed by atoms with Crippen molar-refractivity contribution < 1.29 is 30.9 Å². The molecule has 0 heterocycles. The normalized spacial score (nSPS) is 11.5. The second-order valence-corrected chi connectivity index (χ2v) is 12.7. The Balaban J connectivity index is 0.000000342. The van der Waals surface area contributed by atoms with Gasteiger partial charge in [-0.2, -0.15) is 16.8 Å². The highest BCUT2D eigenvalue weighted by Crippen LogP contribution is 2.30. The summed E-state index contributed by atoms with van der Waals surface area (Å²) in [6.07, 6.45) is 0.658. The lowest BCUT2D eigenvalue weighted by Crippen LogP contribution is -2.04. The topological polar surface area (TPSA) is 178 Å². The second kappa shape index (κ2) is 13.9. The highest BCUT2D eigenvalue weighted by Gasteiger charge is 2.14. The molecule has 0 fully saturated rings. The van der Waals surface area contributed by atoms with Crippen LogP contribution in [0.1, 0.15) is 24.0 Å². The number of nitrogen functional groups attached to an aromatic ring is 1. The van der Waals surface area contributed by atoms with Crippen LogP contribution in [0.2, 0.25) is 0 Å². The summed E-state index contributed by atoms with van der Waals surface area (Å²) < 4.78 is 59.0. The van der Waals surface area contributed by atoms with E-state index in [-0.39, 0.29) is 23.6 Å². The van der Waals surface area contributed by atoms with Crippen molar-refractivity contribution in [2.24, 2.45) is 0 Å². The third-order valence-electron chi connectivity index (χ3n) is 4.08. The summed E-state index contributed by atoms with van der Waals surface area (Å²) in [6, 6.07) is 10.6. The summed E-state index contributed by atoms with van der Waals surface area (Å²) in [5.41, 5.74) is 8.42. The molecule has 0 atom stereocenters. The number of hydrogen-bond acceptors (Lipinski definition) is 9. The van der Waals surface area contributed by atoms with Gasteiger partial charge in [0.15, 0.2) is 0 Å². The van der Waals surface area contributed by atoms with Crippen molar-refractivity contribution >= 4 is 55.1 Å². The Labute approximate surface area is 208 Å². The van der Waals surface area contributed by atoms with Gasteiger partial charge < -0.3 is 5.73 Å². The van der Waals surface area contributed by atoms with Gasteiger partial charge in [-0.15, -0.1) is 23.5 Å². The molecular weight excluding hydrogens is 524 g/mol. The molecule has 4 N–H and O–H groups in total. The maximum Gasteiger partial charge on any atom is 0.283 e. The molecule has 0 amide bonds. The maximum atomic E-state index is 10.8. The first-order chi connectivity index (χ1) is 15.7. The second-order valence-electron chi connectivity index (χ2n) is 7.25. The van der Waals surface area contributed by atoms with Gasteiger partial charge in [0.25, 0.3) is 25.9 Å². The van der Waals surface area contributed by atoms with Crippen LogP contribution in [0.15, 0.2) is 46.2 Å². The lowest BCUT2D eigenvalue weighted by atomic mass is 10.2. The SMILES string of the molecule is Cc1ccc(SCCCS(=O)(=O)O)c(N)c1.Cc1ccc(SCCCS(=O)(=O)O)c([N+](=O)[O-])c1. The minimum Gasteiger partial charge on any atom is -0.398 e. The number of anilines is 1. The first-order valence-corrected chi connectivity index (χ1v) is 15.1. The van der Waals surface area contributed by atoms with Gasteiger partial charge in [0.2, 0.25) is 0 Å². The molecule has 2 aromatic rings. The molecule has 0 spiro atoms. The van der Waals surface area contributed by atoms with Crippen molar-refractivity contribution in [2.45, 2.75) is 36.5 Å². The standard InChI is InChI=1S/C10H13NO5S2.C10H15NO3S2/c1-8-3-4-10(9(7-8)11(12)13)17-5-2-6-18(14,15)16;1-8-3-4-10(9(11)7-8)15-5-2-6-16(12,13)14/h3-4,7H,2,5-6H2,1H3,(H,14,15,16);3-4,7H,2,5-6,11H2,1H3,(H,12,13,14). The van der Waals surface area contributed by atoms with Gasteiger partial charge in [0.05, 0.1) is 21.3 Å². The predicted octanol–water partition coefficient (Wildman–Crippen LogP) is 4.22. The van der Waals surface area contributed by atoms with E-state index >= 15 is 0 Å². The van der Waals surface area contributed by atoms with Gasteiger partial charge in [-0.05, 0) is 67.5 Å². The van der Waals surface area contributed by atoms with Gasteiger partial charge in [-0.1, -0.05) is 12.1 Å². The molecule has 0 unspecified atom stereocenters. The van der Waals surface area contributed by atoms with E-state index in [1.54, 1.807) is 19.1 Å². The zero-order valence-electron chi connectivity index (χ0n) is 18.7. The summed E-state index contributed by atoms with van der Waals surface area (Å²) in [4.78, 5) is 11.8. The summed E-state index contributed by atoms with van der Waals surface area (Å²) in [6.45, 7) is 3.73. The van der Waals surface area contributed by atoms with E-state index in [0.717, 1.165) is 16.0 Å². The third-order valence-corrected chi connectivity index (χ3v) is 8.02. The van der Waals surface area contributed by atoms with Crippen LogP contribution in [-0.4, -0.2) is 53.9 Å². The summed E-state index contributed by atoms with van der Waals surface area (Å²) in [5, 5.41) is 10.8. The lowest BCUT2D eigenvalue weighted by Gasteiger charge is -2.05. The number of nitrogens with two attached hydrogens (primary N) is 1. The molecule has 0 aromatic heterocycles. The van der Waals surface area contributed by atoms with Crippen molar-refractivity contribution in [1.29, 1.82) is 0 Å². The van der Waals surface area contributed by atoms with E-state index in [4.69, 9.17) is 14.8 Å². The van der Waals surface area contributed by atoms with Crippen LogP contribution in [0.25, 0.3) is 0 Å². The number of rotatable bonds is 11. The number of nitro benzene ring substituents is 1. The number of benzene rings is 2. The molecular formula is C20H28N2O8S4. The number of nitrogens with zero attached hydrogens (tertiary/aromatic N) is 1. The first-order valence-electron chi connectivity index (χ1n) is 9.95. The van der Waals surface area contributed by atoms with Crippen molar-refractivity contribution in [3.63, 3.8) is 0 Å². The van der Waals surface area contributed by atoms with Gasteiger partial charge in [0.1, 0.15) is 0 Å². The largest absolute Gasteiger partial charge is 0.398 e. The molecule has 0 saturated heterocycles. The highest BCUT2D eigenvalue weighted by molar-refractivity contribution is 7.99. The van der Waals surface area contributed by atoms with Crippen LogP contribution in [-0.2, 0) is 20.2 Å². The average molecular weight is 553 g/mol. The smallest absolute Gasteiger partial charge is 0.283 e. The Morgan fingerprint density at radius 1 is 0.853 bits per heavy atom. The van der Waals surface area contributed by atoms with E-state index in [9.17, 15) is 26.9 Å². The monoisotopic (exact) mass is 552 g/mol. The van der Waals surface area contributed by atoms with Gasteiger partial charge >= 0.3 is 0 Å². The van der Waals surface area contributed by atoms with Gasteiger partial charge in [0, 0.05) is 16.6 Å². The van der Waals surface area contributed by atoms with Crippen LogP contribution in [0.3, 0.4) is 0 Å². The number of nitro groups is 1. The molecule has 0 saturated carbocycles. The Morgan fingerprint density at radius 3 is 1.74 bits per heavy atom. The number of hydrogen-bond donors (Lipinski definition) is 3. The van der Waals surface area contributed by atoms with E-state index < -0.39 is 25.2 Å². The Kier molecular flexibility index (Phi) is 12.3. The van der Waals surface area contributed by atoms with Crippen molar-refractivity contribution in [3.8, 4) is 0 Å². The van der Waals surface area contributed by atoms with Crippen LogP contribution in [0.4, 0.5) is 11.4 Å². The van der Waals surface area contributed by atoms with Crippen molar-refractivity contribution in [1.82, 2.24) is 0 Å². The van der Waals surface area contributed by atoms with Crippen molar-refractivity contribution in [3.05, 3.63) is 57.6 Å². The van der Waals surface area contributed by atoms with Crippen molar-refractivity contribution in [2.75, 3.05) is 28.7 Å². The zero-order chi connectivity index (χ0) is 25.9. The fraction of sp³-hybridized carbons (Fsp3) is 0.400. The Morgan fingerprint density at radius 2 is 1.29 bits per heavy atom. The molecule has 0 radical (unpaired) electrons. The van der Waals surface area contributed by atoms with E-state index in [2.05, 4.69) is 0 Å². The number of aryl methyl sites for hydroxylation is 2. The number of thioether (sulfide) groups is 2. The van der Waals surface area contributed by atoms with Crippen LogP contribution in [0, 0.1) is 24.0 Å². The highest BCUT2D eigenvalue weighted by atomic mass is 32.2. The van der Waals surface area contributed by atoms with E-state index in [1.807, 2.05) is 25.1 Å². The third kappa shape index (κ3) is 13.2. The molecule has 2 aromatic carbocycles. The molecule has 10 nitrogen and oxygen atoms in total. The first kappa shape index (κ1) is 30.2. The summed E-state index contributed by atoms with van der Waals surface area (Å²) in [7, 11) is -7.80. The van der Waals surface area contributed by atoms with E-state index in [1.165, 1.54) is 29.6 Å². The Hall–Kier alpha value is -1.84. The fourth-order valence-corrected chi connectivity index (χ4v) is 5.77. The molecule has 0 aliphatic carbocycles. The molecule has 0 bridgehead atoms. The van der Waals surface area contributed by atoms with Gasteiger partial charge in [-0.3, -0.25) is 19.2 Å². The molecule has 34 heavy (non-hydrogen) atoms. The predicted molar refractivity (Wildman–Crippen MR) is 137 cm³/mol. The van der Waals surface area contributed by atoms with Gasteiger partial charge in [-0.25, -0.2) is 0 Å². The molecule has 2 rings (SSSR count). The van der Waals surface area contributed by atoms with Crippen LogP contribution < -0.4 is 5.73 Å². The molecule has 0 aliphatic heterocycles. The minimum absolute atomic E-state index is 0.0202. The summed E-state index contributed by atoms with van der Waals surface area (Å²) >= 11 is 2.70. The fourth-order valence-electron chi connectivity index (χ4n) is 2.54. The summed E-state index contributed by atoms with van der Waals surface area (Å²) in [5.74, 6) is 0.474. The van der Waals surface area contributed by atoms with Crippen LogP contribution >= 0.6 is 23.5 Å². The average Bonchev–Trinajstić information content (AvgIpc) is 2.69. The molecule has 14 heteroatoms. The van der Waals surface area contributed by atoms with Crippen LogP contribution in [0.5, 0.6) is 0 Å². The lowest BCUT2D eigenvalue weighted by molar-refractivity contribution is -0.387. The molecule has 190 valence electrons. The Bertz CT molecular complexity index is 1190. The zero-order valence-corrected chi connectivity index (χ0v) is 22.0. The molecule has 0 aliphatic rings. The minimum atomic E-state index is -3.96. The maximum absolute atomic E-state index is 10.8.